The van der Waals surface area contributed by atoms with Crippen LogP contribution in [0.3, 0.4) is 0 Å². The lowest BCUT2D eigenvalue weighted by Crippen LogP contribution is -1.86. The molecule has 0 bridgehead atoms. The van der Waals surface area contributed by atoms with Gasteiger partial charge in [0.25, 0.3) is 0 Å². The summed E-state index contributed by atoms with van der Waals surface area (Å²) in [6, 6.07) is 8.42. The van der Waals surface area contributed by atoms with E-state index in [4.69, 9.17) is 4.89 Å². The number of hydrogen-bond donors (Lipinski definition) is 1. The Morgan fingerprint density at radius 3 is 2.50 bits per heavy atom. The smallest absolute Gasteiger partial charge is 0.322 e. The van der Waals surface area contributed by atoms with Gasteiger partial charge in [0.2, 0.25) is 0 Å². The summed E-state index contributed by atoms with van der Waals surface area (Å²) < 4.78 is 25.1. The minimum absolute atomic E-state index is 0.301. The average Bonchev–Trinajstić information content (AvgIpc) is 2.06. The number of rotatable bonds is 3. The molecule has 0 aliphatic rings. The Kier molecular flexibility index (Phi) is 2.98. The van der Waals surface area contributed by atoms with Gasteiger partial charge in [-0.1, -0.05) is 30.3 Å². The minimum atomic E-state index is -4.06. The van der Waals surface area contributed by atoms with Crippen LogP contribution >= 0.6 is 7.60 Å². The van der Waals surface area contributed by atoms with Crippen LogP contribution in [0.4, 0.5) is 4.53 Å². The molecule has 1 N–H and O–H groups in total. The molecule has 1 aromatic carbocycles. The highest BCUT2D eigenvalue weighted by Crippen LogP contribution is 2.45. The monoisotopic (exact) mass is 190 g/mol. The zero-order valence-electron chi connectivity index (χ0n) is 6.18. The molecular weight excluding hydrogens is 182 g/mol. The summed E-state index contributed by atoms with van der Waals surface area (Å²) in [6.45, 7) is 0. The molecule has 0 amide bonds. The van der Waals surface area contributed by atoms with Gasteiger partial charge in [0.1, 0.15) is 0 Å². The minimum Gasteiger partial charge on any atom is -0.322 e. The standard InChI is InChI=1S/C7H8FO3P/c8-11-12(9,10)6-7-4-2-1-3-5-7/h1-5H,6H2,(H,9,10). The van der Waals surface area contributed by atoms with Crippen molar-refractivity contribution in [2.45, 2.75) is 6.16 Å². The van der Waals surface area contributed by atoms with Crippen LogP contribution in [-0.4, -0.2) is 4.89 Å². The van der Waals surface area contributed by atoms with E-state index >= 15 is 0 Å². The van der Waals surface area contributed by atoms with Crippen molar-refractivity contribution in [3.8, 4) is 0 Å². The summed E-state index contributed by atoms with van der Waals surface area (Å²) in [7, 11) is -4.06. The van der Waals surface area contributed by atoms with E-state index in [-0.39, 0.29) is 6.16 Å². The van der Waals surface area contributed by atoms with Gasteiger partial charge in [-0.2, -0.15) is 0 Å². The fourth-order valence-electron chi connectivity index (χ4n) is 0.839. The third-order valence-electron chi connectivity index (χ3n) is 1.33. The first-order valence-corrected chi connectivity index (χ1v) is 5.06. The maximum atomic E-state index is 11.4. The molecule has 0 radical (unpaired) electrons. The number of halogens is 1. The Morgan fingerprint density at radius 2 is 2.00 bits per heavy atom. The lowest BCUT2D eigenvalue weighted by molar-refractivity contribution is -0.0193. The Balaban J connectivity index is 2.71. The fraction of sp³-hybridized carbons (Fsp3) is 0.143. The predicted molar refractivity (Wildman–Crippen MR) is 42.2 cm³/mol. The molecule has 0 aliphatic heterocycles. The molecule has 0 saturated carbocycles. The average molecular weight is 190 g/mol. The topological polar surface area (TPSA) is 46.5 Å². The molecule has 1 atom stereocenters. The molecule has 0 spiro atoms. The van der Waals surface area contributed by atoms with Gasteiger partial charge in [0, 0.05) is 0 Å². The van der Waals surface area contributed by atoms with Crippen molar-refractivity contribution in [3.05, 3.63) is 35.9 Å². The van der Waals surface area contributed by atoms with E-state index in [2.05, 4.69) is 4.73 Å². The SMILES string of the molecule is O=P(O)(Cc1ccccc1)OF. The highest BCUT2D eigenvalue weighted by molar-refractivity contribution is 7.51. The van der Waals surface area contributed by atoms with Crippen molar-refractivity contribution < 1.29 is 18.7 Å². The van der Waals surface area contributed by atoms with Crippen molar-refractivity contribution in [2.24, 2.45) is 0 Å². The largest absolute Gasteiger partial charge is 0.365 e. The van der Waals surface area contributed by atoms with Crippen LogP contribution < -0.4 is 0 Å². The van der Waals surface area contributed by atoms with Gasteiger partial charge < -0.3 is 4.89 Å². The quantitative estimate of drug-likeness (QED) is 0.743. The van der Waals surface area contributed by atoms with Crippen molar-refractivity contribution >= 4 is 7.60 Å². The van der Waals surface area contributed by atoms with Crippen LogP contribution in [-0.2, 0) is 15.5 Å². The van der Waals surface area contributed by atoms with Gasteiger partial charge in [-0.25, -0.2) is 0 Å². The Morgan fingerprint density at radius 1 is 1.42 bits per heavy atom. The molecule has 5 heteroatoms. The number of benzene rings is 1. The maximum absolute atomic E-state index is 11.4. The Labute approximate surface area is 69.2 Å². The van der Waals surface area contributed by atoms with E-state index in [1.165, 1.54) is 0 Å². The molecule has 0 saturated heterocycles. The third kappa shape index (κ3) is 2.74. The van der Waals surface area contributed by atoms with Gasteiger partial charge in [-0.15, -0.1) is 4.73 Å². The molecule has 12 heavy (non-hydrogen) atoms. The van der Waals surface area contributed by atoms with E-state index in [1.807, 2.05) is 0 Å². The second-order valence-corrected chi connectivity index (χ2v) is 4.08. The summed E-state index contributed by atoms with van der Waals surface area (Å²) >= 11 is 0. The Bertz CT molecular complexity index is 288. The number of hydrogen-bond acceptors (Lipinski definition) is 2. The van der Waals surface area contributed by atoms with Crippen LogP contribution in [0, 0.1) is 0 Å². The summed E-state index contributed by atoms with van der Waals surface area (Å²) in [5.41, 5.74) is 0.570. The molecule has 0 aromatic heterocycles. The highest BCUT2D eigenvalue weighted by atomic mass is 31.2. The fourth-order valence-corrected chi connectivity index (χ4v) is 1.56. The summed E-state index contributed by atoms with van der Waals surface area (Å²) in [5.74, 6) is 0. The summed E-state index contributed by atoms with van der Waals surface area (Å²) in [6.07, 6.45) is -0.301. The second-order valence-electron chi connectivity index (χ2n) is 2.35. The zero-order valence-corrected chi connectivity index (χ0v) is 7.08. The van der Waals surface area contributed by atoms with Gasteiger partial charge in [0.15, 0.2) is 0 Å². The van der Waals surface area contributed by atoms with Crippen molar-refractivity contribution in [2.75, 3.05) is 0 Å². The normalized spacial score (nSPS) is 15.5. The lowest BCUT2D eigenvalue weighted by atomic mass is 10.2. The summed E-state index contributed by atoms with van der Waals surface area (Å²) in [5, 5.41) is 0. The van der Waals surface area contributed by atoms with Crippen molar-refractivity contribution in [1.29, 1.82) is 0 Å². The van der Waals surface area contributed by atoms with Gasteiger partial charge in [-0.05, 0) is 10.1 Å². The van der Waals surface area contributed by atoms with E-state index in [9.17, 15) is 9.09 Å². The van der Waals surface area contributed by atoms with Crippen LogP contribution in [0.15, 0.2) is 30.3 Å². The highest BCUT2D eigenvalue weighted by Gasteiger charge is 2.20. The van der Waals surface area contributed by atoms with E-state index in [1.54, 1.807) is 30.3 Å². The lowest BCUT2D eigenvalue weighted by Gasteiger charge is -2.03. The molecule has 0 fully saturated rings. The molecular formula is C7H8FO3P. The second kappa shape index (κ2) is 3.81. The van der Waals surface area contributed by atoms with Gasteiger partial charge in [-0.3, -0.25) is 4.57 Å². The Hall–Kier alpha value is -0.700. The molecule has 0 aliphatic carbocycles. The molecule has 66 valence electrons. The molecule has 0 heterocycles. The van der Waals surface area contributed by atoms with Crippen LogP contribution in [0.1, 0.15) is 5.56 Å². The van der Waals surface area contributed by atoms with E-state index in [0.29, 0.717) is 5.56 Å². The van der Waals surface area contributed by atoms with Gasteiger partial charge in [0.05, 0.1) is 6.16 Å². The van der Waals surface area contributed by atoms with Crippen LogP contribution in [0.5, 0.6) is 0 Å². The molecule has 1 aromatic rings. The molecule has 1 rings (SSSR count). The van der Waals surface area contributed by atoms with E-state index < -0.39 is 7.60 Å². The van der Waals surface area contributed by atoms with Gasteiger partial charge >= 0.3 is 7.60 Å². The zero-order chi connectivity index (χ0) is 9.03. The predicted octanol–water partition coefficient (Wildman–Crippen LogP) is 2.27. The van der Waals surface area contributed by atoms with Crippen molar-refractivity contribution in [1.82, 2.24) is 0 Å². The van der Waals surface area contributed by atoms with Crippen molar-refractivity contribution in [3.63, 3.8) is 0 Å². The molecule has 3 nitrogen and oxygen atoms in total. The first kappa shape index (κ1) is 9.39. The first-order valence-electron chi connectivity index (χ1n) is 3.30. The van der Waals surface area contributed by atoms with Crippen LogP contribution in [0.2, 0.25) is 0 Å². The third-order valence-corrected chi connectivity index (χ3v) is 2.31. The summed E-state index contributed by atoms with van der Waals surface area (Å²) in [4.78, 5) is 8.73. The van der Waals surface area contributed by atoms with Crippen LogP contribution in [0.25, 0.3) is 0 Å². The van der Waals surface area contributed by atoms with E-state index in [0.717, 1.165) is 0 Å². The maximum Gasteiger partial charge on any atom is 0.365 e. The first-order chi connectivity index (χ1) is 5.64. The molecule has 1 unspecified atom stereocenters.